The van der Waals surface area contributed by atoms with Gasteiger partial charge in [0.1, 0.15) is 12.4 Å². The SMILES string of the molecule is C[n+]1ccn(CCCN)c1.[I-]. The van der Waals surface area contributed by atoms with Crippen LogP contribution in [0.2, 0.25) is 0 Å². The summed E-state index contributed by atoms with van der Waals surface area (Å²) in [6, 6.07) is 0. The van der Waals surface area contributed by atoms with E-state index in [0.29, 0.717) is 0 Å². The van der Waals surface area contributed by atoms with Crippen molar-refractivity contribution in [3.63, 3.8) is 0 Å². The molecule has 2 N–H and O–H groups in total. The Bertz CT molecular complexity index is 197. The second kappa shape index (κ2) is 5.54. The van der Waals surface area contributed by atoms with Crippen molar-refractivity contribution < 1.29 is 28.5 Å². The average molecular weight is 267 g/mol. The fourth-order valence-corrected chi connectivity index (χ4v) is 0.908. The van der Waals surface area contributed by atoms with Gasteiger partial charge in [-0.2, -0.15) is 0 Å². The molecule has 1 heterocycles. The summed E-state index contributed by atoms with van der Waals surface area (Å²) in [5.74, 6) is 0. The first-order valence-corrected chi connectivity index (χ1v) is 3.54. The predicted molar refractivity (Wildman–Crippen MR) is 39.3 cm³/mol. The van der Waals surface area contributed by atoms with Gasteiger partial charge in [-0.1, -0.05) is 0 Å². The van der Waals surface area contributed by atoms with Crippen LogP contribution in [0.15, 0.2) is 18.7 Å². The van der Waals surface area contributed by atoms with E-state index in [1.54, 1.807) is 0 Å². The zero-order valence-corrected chi connectivity index (χ0v) is 8.86. The van der Waals surface area contributed by atoms with Crippen LogP contribution in [0.3, 0.4) is 0 Å². The molecule has 0 unspecified atom stereocenters. The number of halogens is 1. The summed E-state index contributed by atoms with van der Waals surface area (Å²) in [5, 5.41) is 0. The van der Waals surface area contributed by atoms with Crippen molar-refractivity contribution in [2.24, 2.45) is 12.8 Å². The fourth-order valence-electron chi connectivity index (χ4n) is 0.908. The summed E-state index contributed by atoms with van der Waals surface area (Å²) < 4.78 is 4.16. The van der Waals surface area contributed by atoms with Crippen molar-refractivity contribution in [2.75, 3.05) is 6.54 Å². The van der Waals surface area contributed by atoms with E-state index in [4.69, 9.17) is 5.73 Å². The van der Waals surface area contributed by atoms with E-state index in [0.717, 1.165) is 19.5 Å². The highest BCUT2D eigenvalue weighted by Crippen LogP contribution is 1.85. The van der Waals surface area contributed by atoms with Gasteiger partial charge in [0.25, 0.3) is 0 Å². The van der Waals surface area contributed by atoms with Crippen molar-refractivity contribution in [1.82, 2.24) is 4.57 Å². The molecule has 0 spiro atoms. The lowest BCUT2D eigenvalue weighted by molar-refractivity contribution is -0.671. The predicted octanol–water partition coefficient (Wildman–Crippen LogP) is -3.33. The van der Waals surface area contributed by atoms with Gasteiger partial charge in [-0.05, 0) is 13.0 Å². The Balaban J connectivity index is 0.000001000. The highest BCUT2D eigenvalue weighted by Gasteiger charge is 1.96. The molecule has 0 aliphatic carbocycles. The summed E-state index contributed by atoms with van der Waals surface area (Å²) in [7, 11) is 2.01. The smallest absolute Gasteiger partial charge is 0.243 e. The minimum absolute atomic E-state index is 0. The number of aryl methyl sites for hydroxylation is 2. The molecule has 0 aliphatic heterocycles. The highest BCUT2D eigenvalue weighted by atomic mass is 127. The molecule has 4 heteroatoms. The number of hydrogen-bond acceptors (Lipinski definition) is 1. The largest absolute Gasteiger partial charge is 1.00 e. The van der Waals surface area contributed by atoms with Gasteiger partial charge in [0, 0.05) is 0 Å². The van der Waals surface area contributed by atoms with E-state index in [9.17, 15) is 0 Å². The minimum atomic E-state index is 0. The lowest BCUT2D eigenvalue weighted by Gasteiger charge is -1.90. The van der Waals surface area contributed by atoms with Crippen molar-refractivity contribution in [3.8, 4) is 0 Å². The van der Waals surface area contributed by atoms with Gasteiger partial charge in [0.2, 0.25) is 6.33 Å². The van der Waals surface area contributed by atoms with Crippen LogP contribution in [-0.4, -0.2) is 11.1 Å². The molecule has 0 amide bonds. The van der Waals surface area contributed by atoms with E-state index in [1.807, 2.05) is 17.8 Å². The summed E-state index contributed by atoms with van der Waals surface area (Å²) in [6.45, 7) is 1.79. The van der Waals surface area contributed by atoms with Crippen molar-refractivity contribution >= 4 is 0 Å². The van der Waals surface area contributed by atoms with E-state index in [-0.39, 0.29) is 24.0 Å². The molecule has 1 aromatic rings. The van der Waals surface area contributed by atoms with Crippen molar-refractivity contribution in [1.29, 1.82) is 0 Å². The van der Waals surface area contributed by atoms with E-state index in [1.165, 1.54) is 0 Å². The maximum Gasteiger partial charge on any atom is 0.243 e. The van der Waals surface area contributed by atoms with Gasteiger partial charge in [-0.25, -0.2) is 9.13 Å². The van der Waals surface area contributed by atoms with Crippen LogP contribution in [0.4, 0.5) is 0 Å². The summed E-state index contributed by atoms with van der Waals surface area (Å²) in [5.41, 5.74) is 5.36. The summed E-state index contributed by atoms with van der Waals surface area (Å²) in [4.78, 5) is 0. The first-order chi connectivity index (χ1) is 4.83. The first kappa shape index (κ1) is 10.9. The standard InChI is InChI=1S/C7H14N3.HI/c1-9-5-6-10(7-9)4-2-3-8;/h5-7H,2-4,8H2,1H3;1H/q+1;/p-1. The molecule has 1 aromatic heterocycles. The molecule has 0 radical (unpaired) electrons. The van der Waals surface area contributed by atoms with Crippen LogP contribution < -0.4 is 34.3 Å². The Labute approximate surface area is 84.2 Å². The zero-order valence-electron chi connectivity index (χ0n) is 6.70. The lowest BCUT2D eigenvalue weighted by Crippen LogP contribution is -3.00. The van der Waals surface area contributed by atoms with Gasteiger partial charge >= 0.3 is 0 Å². The summed E-state index contributed by atoms with van der Waals surface area (Å²) in [6.07, 6.45) is 7.18. The maximum atomic E-state index is 5.36. The molecule has 0 saturated heterocycles. The van der Waals surface area contributed by atoms with Crippen molar-refractivity contribution in [3.05, 3.63) is 18.7 Å². The van der Waals surface area contributed by atoms with Gasteiger partial charge in [0.15, 0.2) is 0 Å². The van der Waals surface area contributed by atoms with E-state index < -0.39 is 0 Å². The Morgan fingerprint density at radius 3 is 2.73 bits per heavy atom. The van der Waals surface area contributed by atoms with Gasteiger partial charge < -0.3 is 29.7 Å². The Hall–Kier alpha value is -0.100. The highest BCUT2D eigenvalue weighted by molar-refractivity contribution is 4.65. The molecule has 0 bridgehead atoms. The van der Waals surface area contributed by atoms with Crippen LogP contribution >= 0.6 is 0 Å². The molecular formula is C7H14IN3. The molecule has 11 heavy (non-hydrogen) atoms. The molecular weight excluding hydrogens is 253 g/mol. The Morgan fingerprint density at radius 1 is 1.55 bits per heavy atom. The second-order valence-electron chi connectivity index (χ2n) is 2.46. The van der Waals surface area contributed by atoms with Crippen LogP contribution in [0.1, 0.15) is 6.42 Å². The molecule has 0 atom stereocenters. The van der Waals surface area contributed by atoms with Crippen LogP contribution in [-0.2, 0) is 13.6 Å². The number of hydrogen-bond donors (Lipinski definition) is 1. The molecule has 3 nitrogen and oxygen atoms in total. The molecule has 0 saturated carbocycles. The molecule has 0 aromatic carbocycles. The monoisotopic (exact) mass is 267 g/mol. The van der Waals surface area contributed by atoms with Crippen LogP contribution in [0.25, 0.3) is 0 Å². The van der Waals surface area contributed by atoms with Crippen molar-refractivity contribution in [2.45, 2.75) is 13.0 Å². The number of imidazole rings is 1. The quantitative estimate of drug-likeness (QED) is 0.451. The van der Waals surface area contributed by atoms with Crippen LogP contribution in [0, 0.1) is 0 Å². The Morgan fingerprint density at radius 2 is 2.27 bits per heavy atom. The average Bonchev–Trinajstić information content (AvgIpc) is 2.31. The Kier molecular flexibility index (Phi) is 5.49. The van der Waals surface area contributed by atoms with E-state index in [2.05, 4.69) is 17.1 Å². The number of nitrogens with two attached hydrogens (primary N) is 1. The molecule has 64 valence electrons. The second-order valence-corrected chi connectivity index (χ2v) is 2.46. The fraction of sp³-hybridized carbons (Fsp3) is 0.571. The third-order valence-electron chi connectivity index (χ3n) is 1.44. The first-order valence-electron chi connectivity index (χ1n) is 3.54. The molecule has 1 rings (SSSR count). The third kappa shape index (κ3) is 3.71. The van der Waals surface area contributed by atoms with Gasteiger partial charge in [-0.15, -0.1) is 0 Å². The lowest BCUT2D eigenvalue weighted by atomic mass is 10.4. The minimum Gasteiger partial charge on any atom is -1.00 e. The number of aromatic nitrogens is 2. The topological polar surface area (TPSA) is 34.8 Å². The zero-order chi connectivity index (χ0) is 7.40. The molecule has 0 aliphatic rings. The number of rotatable bonds is 3. The van der Waals surface area contributed by atoms with E-state index >= 15 is 0 Å². The van der Waals surface area contributed by atoms with Crippen LogP contribution in [0.5, 0.6) is 0 Å². The summed E-state index contributed by atoms with van der Waals surface area (Å²) >= 11 is 0. The third-order valence-corrected chi connectivity index (χ3v) is 1.44. The maximum absolute atomic E-state index is 5.36. The van der Waals surface area contributed by atoms with Gasteiger partial charge in [-0.3, -0.25) is 0 Å². The number of nitrogens with zero attached hydrogens (tertiary/aromatic N) is 2. The normalized spacial score (nSPS) is 9.27. The van der Waals surface area contributed by atoms with Gasteiger partial charge in [0.05, 0.1) is 13.6 Å². The molecule has 0 fully saturated rings.